The maximum absolute atomic E-state index is 13.4. The highest BCUT2D eigenvalue weighted by atomic mass is 32.1. The number of alkyl halides is 1. The maximum Gasteiger partial charge on any atom is 0.258 e. The predicted octanol–water partition coefficient (Wildman–Crippen LogP) is 5.62. The van der Waals surface area contributed by atoms with Crippen molar-refractivity contribution in [1.29, 1.82) is 0 Å². The molecule has 6 rings (SSSR count). The molecule has 3 fully saturated rings. The summed E-state index contributed by atoms with van der Waals surface area (Å²) in [4.78, 5) is 59.2. The van der Waals surface area contributed by atoms with Crippen LogP contribution in [0.3, 0.4) is 0 Å². The molecule has 1 aromatic carbocycles. The zero-order chi connectivity index (χ0) is 30.8. The Morgan fingerprint density at radius 3 is 2.51 bits per heavy atom. The summed E-state index contributed by atoms with van der Waals surface area (Å²) < 4.78 is 14.2. The average molecular weight is 631 g/mol. The van der Waals surface area contributed by atoms with Gasteiger partial charge in [0.25, 0.3) is 5.91 Å². The minimum atomic E-state index is -2.65. The van der Waals surface area contributed by atoms with Crippen molar-refractivity contribution in [3.8, 4) is 0 Å². The molecule has 3 amide bonds. The number of aromatic nitrogens is 1. The van der Waals surface area contributed by atoms with E-state index in [9.17, 15) is 18.8 Å². The number of fused-ring (bicyclic) bond motifs is 2. The highest BCUT2D eigenvalue weighted by Gasteiger charge is 2.28. The number of hydrogen-bond donors (Lipinski definition) is 3. The summed E-state index contributed by atoms with van der Waals surface area (Å²) in [6.45, 7) is 2.79. The molecule has 3 aliphatic heterocycles. The summed E-state index contributed by atoms with van der Waals surface area (Å²) in [5.74, 6) is -1.33. The molecule has 3 aromatic rings. The molecule has 0 radical (unpaired) electrons. The molecular formula is C31H40FN4O5PS. The third-order valence-corrected chi connectivity index (χ3v) is 10.1. The fourth-order valence-electron chi connectivity index (χ4n) is 5.86. The lowest BCUT2D eigenvalue weighted by Gasteiger charge is -2.29. The van der Waals surface area contributed by atoms with Crippen LogP contribution in [-0.2, 0) is 9.59 Å². The number of pyridine rings is 1. The van der Waals surface area contributed by atoms with E-state index < -0.39 is 20.2 Å². The Kier molecular flexibility index (Phi) is 12.4. The molecule has 2 atom stereocenters. The lowest BCUT2D eigenvalue weighted by Crippen LogP contribution is -2.36. The van der Waals surface area contributed by atoms with Crippen molar-refractivity contribution in [1.82, 2.24) is 14.8 Å². The van der Waals surface area contributed by atoms with E-state index in [-0.39, 0.29) is 5.56 Å². The third-order valence-electron chi connectivity index (χ3n) is 8.22. The number of rotatable bonds is 5. The fraction of sp³-hybridized carbons (Fsp3) is 0.484. The molecule has 5 heterocycles. The van der Waals surface area contributed by atoms with E-state index in [1.807, 2.05) is 17.2 Å². The normalized spacial score (nSPS) is 19.8. The van der Waals surface area contributed by atoms with Crippen LogP contribution in [0.1, 0.15) is 90.4 Å². The third kappa shape index (κ3) is 9.25. The number of benzene rings is 1. The molecule has 3 aliphatic rings. The van der Waals surface area contributed by atoms with Gasteiger partial charge in [-0.1, -0.05) is 25.0 Å². The van der Waals surface area contributed by atoms with Crippen molar-refractivity contribution in [2.45, 2.75) is 75.7 Å². The molecule has 0 bridgehead atoms. The van der Waals surface area contributed by atoms with Gasteiger partial charge in [-0.2, -0.15) is 0 Å². The van der Waals surface area contributed by atoms with Gasteiger partial charge >= 0.3 is 0 Å². The Morgan fingerprint density at radius 1 is 1.07 bits per heavy atom. The van der Waals surface area contributed by atoms with E-state index in [0.717, 1.165) is 56.4 Å². The first-order valence-electron chi connectivity index (χ1n) is 14.8. The van der Waals surface area contributed by atoms with Crippen molar-refractivity contribution in [2.75, 3.05) is 19.6 Å². The van der Waals surface area contributed by atoms with E-state index in [4.69, 9.17) is 15.5 Å². The van der Waals surface area contributed by atoms with Gasteiger partial charge in [-0.15, -0.1) is 11.3 Å². The highest BCUT2D eigenvalue weighted by Crippen LogP contribution is 2.45. The lowest BCUT2D eigenvalue weighted by atomic mass is 9.91. The van der Waals surface area contributed by atoms with Crippen LogP contribution < -0.4 is 5.73 Å². The second-order valence-electron chi connectivity index (χ2n) is 11.1. The van der Waals surface area contributed by atoms with Gasteiger partial charge in [0.2, 0.25) is 20.7 Å². The number of carbonyl (C=O) groups is 3. The van der Waals surface area contributed by atoms with E-state index in [0.29, 0.717) is 28.1 Å². The molecule has 2 aromatic heterocycles. The standard InChI is InChI=1S/C11H14N2O.C10H9FNO3PS.C10H17NO/c14-9-13-6-3-10(4-7-13)11-2-1-5-12-8-11;11-9(16(14)15)5-1-2-7-6(3-5)4-8(17-7)10(12)13;12-10-7-3-1-2-5-9-6-4-8-11(9)10/h1-2,5,8-10H,3-4,6-7H2;1-4,9,14-15H,(H2,12,13);9H,1-8H2. The van der Waals surface area contributed by atoms with Gasteiger partial charge in [-0.25, -0.2) is 4.39 Å². The number of likely N-dealkylation sites (tertiary alicyclic amines) is 1. The van der Waals surface area contributed by atoms with Crippen molar-refractivity contribution in [3.05, 3.63) is 64.8 Å². The summed E-state index contributed by atoms with van der Waals surface area (Å²) in [6, 6.07) is 10.9. The van der Waals surface area contributed by atoms with Gasteiger partial charge in [0.05, 0.1) is 4.88 Å². The van der Waals surface area contributed by atoms with Crippen LogP contribution in [0.15, 0.2) is 48.8 Å². The number of carbonyl (C=O) groups excluding carboxylic acids is 3. The van der Waals surface area contributed by atoms with Gasteiger partial charge in [-0.05, 0) is 85.2 Å². The van der Waals surface area contributed by atoms with E-state index in [1.54, 1.807) is 18.3 Å². The number of nitrogens with zero attached hydrogens (tertiary/aromatic N) is 3. The smallest absolute Gasteiger partial charge is 0.258 e. The van der Waals surface area contributed by atoms with Crippen molar-refractivity contribution >= 4 is 48.0 Å². The Labute approximate surface area is 256 Å². The van der Waals surface area contributed by atoms with E-state index >= 15 is 0 Å². The second-order valence-corrected chi connectivity index (χ2v) is 13.3. The maximum atomic E-state index is 13.4. The molecule has 2 unspecified atom stereocenters. The zero-order valence-electron chi connectivity index (χ0n) is 24.2. The number of amides is 3. The van der Waals surface area contributed by atoms with E-state index in [2.05, 4.69) is 16.0 Å². The van der Waals surface area contributed by atoms with Crippen LogP contribution in [0.4, 0.5) is 4.39 Å². The summed E-state index contributed by atoms with van der Waals surface area (Å²) in [5.41, 5.74) is 6.63. The molecular weight excluding hydrogens is 590 g/mol. The topological polar surface area (TPSA) is 137 Å². The summed E-state index contributed by atoms with van der Waals surface area (Å²) >= 11 is 1.22. The van der Waals surface area contributed by atoms with Crippen LogP contribution in [0.5, 0.6) is 0 Å². The van der Waals surface area contributed by atoms with Crippen LogP contribution in [0, 0.1) is 0 Å². The lowest BCUT2D eigenvalue weighted by molar-refractivity contribution is -0.132. The largest absolute Gasteiger partial charge is 0.365 e. The van der Waals surface area contributed by atoms with Gasteiger partial charge in [0.1, 0.15) is 0 Å². The Bertz CT molecular complexity index is 1350. The molecule has 3 saturated heterocycles. The summed E-state index contributed by atoms with van der Waals surface area (Å²) in [5, 5.41) is 0.667. The van der Waals surface area contributed by atoms with Crippen molar-refractivity contribution in [3.63, 3.8) is 0 Å². The van der Waals surface area contributed by atoms with Crippen LogP contribution in [-0.4, -0.2) is 68.5 Å². The number of thiophene rings is 1. The first-order valence-corrected chi connectivity index (χ1v) is 16.9. The van der Waals surface area contributed by atoms with Crippen LogP contribution >= 0.6 is 19.7 Å². The number of nitrogens with two attached hydrogens (primary N) is 1. The predicted molar refractivity (Wildman–Crippen MR) is 167 cm³/mol. The molecule has 12 heteroatoms. The van der Waals surface area contributed by atoms with Gasteiger partial charge in [0.15, 0.2) is 5.91 Å². The molecule has 43 heavy (non-hydrogen) atoms. The number of halogens is 1. The minimum Gasteiger partial charge on any atom is -0.365 e. The highest BCUT2D eigenvalue weighted by molar-refractivity contribution is 7.45. The number of primary amides is 1. The molecule has 9 nitrogen and oxygen atoms in total. The number of hydrogen-bond acceptors (Lipinski definition) is 7. The van der Waals surface area contributed by atoms with Gasteiger partial charge in [0, 0.05) is 49.2 Å². The average Bonchev–Trinajstić information content (AvgIpc) is 3.67. The van der Waals surface area contributed by atoms with Crippen LogP contribution in [0.25, 0.3) is 10.1 Å². The van der Waals surface area contributed by atoms with Gasteiger partial charge < -0.3 is 25.3 Å². The van der Waals surface area contributed by atoms with Gasteiger partial charge in [-0.3, -0.25) is 19.4 Å². The Morgan fingerprint density at radius 2 is 1.84 bits per heavy atom. The van der Waals surface area contributed by atoms with Crippen LogP contribution in [0.2, 0.25) is 0 Å². The first kappa shape index (κ1) is 32.9. The second kappa shape index (κ2) is 16.2. The monoisotopic (exact) mass is 630 g/mol. The minimum absolute atomic E-state index is 0.183. The van der Waals surface area contributed by atoms with Crippen molar-refractivity contribution < 1.29 is 28.6 Å². The fourth-order valence-corrected chi connectivity index (χ4v) is 7.18. The summed E-state index contributed by atoms with van der Waals surface area (Å²) in [7, 11) is -2.65. The van der Waals surface area contributed by atoms with E-state index in [1.165, 1.54) is 61.1 Å². The number of piperidine rings is 1. The molecule has 232 valence electrons. The first-order chi connectivity index (χ1) is 20.8. The molecule has 0 saturated carbocycles. The SMILES string of the molecule is NC(=O)c1cc2cc(C(F)P(O)O)ccc2s1.O=C1CCCCCC2CCCN12.O=CN1CCC(c2cccnc2)CC1. The van der Waals surface area contributed by atoms with Crippen molar-refractivity contribution in [2.24, 2.45) is 5.73 Å². The Balaban J connectivity index is 0.000000150. The zero-order valence-corrected chi connectivity index (χ0v) is 25.9. The molecule has 0 spiro atoms. The molecule has 4 N–H and O–H groups in total. The summed E-state index contributed by atoms with van der Waals surface area (Å²) in [6.07, 6.45) is 15.0. The Hall–Kier alpha value is -2.98. The molecule has 0 aliphatic carbocycles. The quantitative estimate of drug-likeness (QED) is 0.247.